The minimum absolute atomic E-state index is 0.404. The second kappa shape index (κ2) is 11.1. The lowest BCUT2D eigenvalue weighted by Crippen LogP contribution is -1.92. The molecule has 0 aliphatic carbocycles. The largest absolute Gasteiger partial charge is 0.507 e. The predicted octanol–water partition coefficient (Wildman–Crippen LogP) is 14.1. The van der Waals surface area contributed by atoms with Gasteiger partial charge in [0.15, 0.2) is 0 Å². The van der Waals surface area contributed by atoms with E-state index in [0.29, 0.717) is 0 Å². The van der Waals surface area contributed by atoms with Gasteiger partial charge in [-0.25, -0.2) is 0 Å². The van der Waals surface area contributed by atoms with Gasteiger partial charge in [-0.05, 0) is 101 Å². The van der Waals surface area contributed by atoms with E-state index in [4.69, 9.17) is 29.1 Å². The lowest BCUT2D eigenvalue weighted by atomic mass is 9.85. The molecule has 0 radical (unpaired) electrons. The molecule has 0 unspecified atom stereocenters. The third-order valence-electron chi connectivity index (χ3n) is 8.67. The summed E-state index contributed by atoms with van der Waals surface area (Å²) in [6, 6.07) is -27.1. The first-order valence-corrected chi connectivity index (χ1v) is 15.4. The Kier molecular flexibility index (Phi) is 2.64. The molecule has 0 aliphatic rings. The summed E-state index contributed by atoms with van der Waals surface area (Å²) in [5, 5.41) is 4.72. The molecule has 0 bridgehead atoms. The number of hydrogen-bond donors (Lipinski definition) is 1. The Balaban J connectivity index is 1.32. The first kappa shape index (κ1) is 12.4. The van der Waals surface area contributed by atoms with Crippen LogP contribution in [0.3, 0.4) is 0 Å². The number of phenolic OH excluding ortho intramolecular Hbond substituents is 1. The molecule has 1 aromatic heterocycles. The Morgan fingerprint density at radius 2 is 0.942 bits per heavy atom. The van der Waals surface area contributed by atoms with Crippen LogP contribution in [0, 0.1) is 0 Å². The highest BCUT2D eigenvalue weighted by molar-refractivity contribution is 6.23. The van der Waals surface area contributed by atoms with Gasteiger partial charge >= 0.3 is 0 Å². The summed E-state index contributed by atoms with van der Waals surface area (Å²) < 4.78 is 268. The molecular weight excluding hydrogens is 633 g/mol. The van der Waals surface area contributed by atoms with Gasteiger partial charge < -0.3 is 9.52 Å². The lowest BCUT2D eigenvalue weighted by Gasteiger charge is -2.19. The van der Waals surface area contributed by atoms with E-state index in [1.165, 1.54) is 0 Å². The van der Waals surface area contributed by atoms with Crippen molar-refractivity contribution in [2.45, 2.75) is 0 Å². The quantitative estimate of drug-likeness (QED) is 0.148. The zero-order chi connectivity index (χ0) is 59.6. The maximum absolute atomic E-state index is 12.2. The smallest absolute Gasteiger partial charge is 0.143 e. The molecule has 11 aromatic rings. The summed E-state index contributed by atoms with van der Waals surface area (Å²) in [7, 11) is 0. The van der Waals surface area contributed by atoms with Crippen LogP contribution in [-0.4, -0.2) is 5.11 Å². The summed E-state index contributed by atoms with van der Waals surface area (Å²) in [5.41, 5.74) is -6.17. The van der Waals surface area contributed by atoms with Crippen LogP contribution < -0.4 is 0 Å². The molecule has 52 heavy (non-hydrogen) atoms. The Bertz CT molecular complexity index is 4820. The van der Waals surface area contributed by atoms with E-state index in [1.807, 2.05) is 0 Å². The van der Waals surface area contributed by atoms with Crippen molar-refractivity contribution in [2.75, 3.05) is 0 Å². The number of aromatic hydroxyl groups is 1. The van der Waals surface area contributed by atoms with E-state index in [0.717, 1.165) is 0 Å². The van der Waals surface area contributed by atoms with Gasteiger partial charge in [0.1, 0.15) is 16.9 Å². The molecule has 0 fully saturated rings. The predicted molar refractivity (Wildman–Crippen MR) is 219 cm³/mol. The molecule has 1 N–H and O–H groups in total. The van der Waals surface area contributed by atoms with Gasteiger partial charge in [-0.1, -0.05) is 145 Å². The van der Waals surface area contributed by atoms with Gasteiger partial charge in [-0.3, -0.25) is 0 Å². The van der Waals surface area contributed by atoms with Crippen LogP contribution in [0.2, 0.25) is 0 Å². The molecule has 0 amide bonds. The number of furan rings is 1. The van der Waals surface area contributed by atoms with Gasteiger partial charge in [0, 0.05) is 27.1 Å². The van der Waals surface area contributed by atoms with Crippen molar-refractivity contribution in [1.82, 2.24) is 0 Å². The SMILES string of the molecule is [2H]c1c([2H])c(-c2c3c([2H])c([2H])c([2H])c([2H])c3c(-c3c([2H])c([2H])c4c(c3[2H])c([2H])c([2H])c3c([2H])c([2H])c([2H])c([2H])c34)c3c([2H])c([2H])c([2H])c(O)c23)c([2H])c([2H])c1-c1c([2H])c([2H])c2oc3c4c([2H])c([2H])c([2H])c([2H])c4c([2H])c([2H])c3c2c1[2H]. The minimum Gasteiger partial charge on any atom is -0.507 e. The molecule has 2 nitrogen and oxygen atoms in total. The van der Waals surface area contributed by atoms with E-state index in [2.05, 4.69) is 0 Å². The molecule has 11 rings (SSSR count). The number of benzene rings is 10. The maximum atomic E-state index is 12.2. The Morgan fingerprint density at radius 1 is 0.365 bits per heavy atom. The number of rotatable bonds is 3. The Morgan fingerprint density at radius 3 is 1.77 bits per heavy atom. The molecule has 10 aromatic carbocycles. The molecule has 0 saturated carbocycles. The van der Waals surface area contributed by atoms with E-state index >= 15 is 0 Å². The molecule has 0 spiro atoms. The molecule has 0 atom stereocenters. The molecule has 1 heterocycles. The van der Waals surface area contributed by atoms with Gasteiger partial charge in [-0.2, -0.15) is 0 Å². The highest BCUT2D eigenvalue weighted by atomic mass is 16.3. The van der Waals surface area contributed by atoms with Crippen molar-refractivity contribution in [3.8, 4) is 39.1 Å². The average molecular weight is 692 g/mol. The minimum atomic E-state index is -1.28. The first-order chi connectivity index (χ1) is 37.8. The fourth-order valence-electron chi connectivity index (χ4n) is 6.39. The summed E-state index contributed by atoms with van der Waals surface area (Å²) >= 11 is 0. The van der Waals surface area contributed by atoms with Crippen LogP contribution in [0.5, 0.6) is 5.75 Å². The lowest BCUT2D eigenvalue weighted by molar-refractivity contribution is 0.482. The standard InChI is InChI=1S/C50H30O2/c51-45-15-7-14-43-47(36-23-25-38-35(28-36)21-18-31-8-1-3-10-37(31)38)40-12-5-6-13-41(40)48(49(43)45)33-19-16-30(17-20-33)34-24-27-46-44(29-34)42-26-22-32-9-2-4-11-39(32)50(42)52-46/h1-29,51H/i1D,2D,3D,4D,5D,6D,7D,8D,9D,10D,11D,12D,13D,14D,15D,16D,17D,18D,19D,20D,21D,22D,23D,24D,25D,26D,27D,28D,29D. The molecule has 0 saturated heterocycles. The summed E-state index contributed by atoms with van der Waals surface area (Å²) in [6.45, 7) is 0. The molecule has 242 valence electrons. The zero-order valence-electron chi connectivity index (χ0n) is 54.9. The second-order valence-corrected chi connectivity index (χ2v) is 11.5. The van der Waals surface area contributed by atoms with Crippen molar-refractivity contribution in [1.29, 1.82) is 0 Å². The maximum Gasteiger partial charge on any atom is 0.143 e. The van der Waals surface area contributed by atoms with Crippen LogP contribution in [0.25, 0.3) is 109 Å². The van der Waals surface area contributed by atoms with Gasteiger partial charge in [0.25, 0.3) is 0 Å². The van der Waals surface area contributed by atoms with Gasteiger partial charge in [-0.15, -0.1) is 0 Å². The summed E-state index contributed by atoms with van der Waals surface area (Å²) in [5.74, 6) is -1.28. The van der Waals surface area contributed by atoms with Crippen molar-refractivity contribution < 1.29 is 49.3 Å². The summed E-state index contributed by atoms with van der Waals surface area (Å²) in [6.07, 6.45) is 0. The highest BCUT2D eigenvalue weighted by Gasteiger charge is 2.20. The van der Waals surface area contributed by atoms with E-state index in [-0.39, 0.29) is 0 Å². The van der Waals surface area contributed by atoms with Crippen LogP contribution in [0.15, 0.2) is 180 Å². The third kappa shape index (κ3) is 4.25. The van der Waals surface area contributed by atoms with Crippen molar-refractivity contribution in [3.05, 3.63) is 175 Å². The second-order valence-electron chi connectivity index (χ2n) is 11.5. The zero-order valence-corrected chi connectivity index (χ0v) is 25.9. The van der Waals surface area contributed by atoms with Gasteiger partial charge in [0.05, 0.1) is 39.8 Å². The first-order valence-electron chi connectivity index (χ1n) is 29.9. The van der Waals surface area contributed by atoms with Crippen LogP contribution >= 0.6 is 0 Å². The van der Waals surface area contributed by atoms with Crippen molar-refractivity contribution in [3.63, 3.8) is 0 Å². The molecule has 2 heteroatoms. The van der Waals surface area contributed by atoms with E-state index in [1.54, 1.807) is 0 Å². The van der Waals surface area contributed by atoms with Gasteiger partial charge in [0.2, 0.25) is 0 Å². The fraction of sp³-hybridized carbons (Fsp3) is 0. The van der Waals surface area contributed by atoms with Crippen LogP contribution in [-0.2, 0) is 0 Å². The Labute approximate surface area is 340 Å². The molecule has 0 aliphatic heterocycles. The Hall–Kier alpha value is -6.90. The third-order valence-corrected chi connectivity index (χ3v) is 8.67. The van der Waals surface area contributed by atoms with Crippen LogP contribution in [0.4, 0.5) is 0 Å². The average Bonchev–Trinajstić information content (AvgIpc) is 4.04. The number of fused-ring (bicyclic) bond motifs is 10. The van der Waals surface area contributed by atoms with E-state index in [9.17, 15) is 20.2 Å². The monoisotopic (exact) mass is 691 g/mol. The van der Waals surface area contributed by atoms with Crippen molar-refractivity contribution in [2.24, 2.45) is 0 Å². The summed E-state index contributed by atoms with van der Waals surface area (Å²) in [4.78, 5) is 0. The van der Waals surface area contributed by atoms with E-state index < -0.39 is 290 Å². The molecular formula is C50H30O2. The number of phenols is 1. The number of hydrogen-bond acceptors (Lipinski definition) is 2. The highest BCUT2D eigenvalue weighted by Crippen LogP contribution is 2.47. The topological polar surface area (TPSA) is 33.4 Å². The van der Waals surface area contributed by atoms with Crippen LogP contribution in [0.1, 0.15) is 39.8 Å². The normalized spacial score (nSPS) is 19.7. The fourth-order valence-corrected chi connectivity index (χ4v) is 6.39. The van der Waals surface area contributed by atoms with Crippen molar-refractivity contribution >= 4 is 75.8 Å².